The average molecular weight is 363 g/mol. The summed E-state index contributed by atoms with van der Waals surface area (Å²) in [6.45, 7) is 3.03. The van der Waals surface area contributed by atoms with Crippen LogP contribution in [0.4, 0.5) is 11.5 Å². The maximum absolute atomic E-state index is 12.5. The van der Waals surface area contributed by atoms with Crippen LogP contribution >= 0.6 is 0 Å². The maximum Gasteiger partial charge on any atom is 0.270 e. The molecule has 1 fully saturated rings. The second-order valence-electron chi connectivity index (χ2n) is 6.54. The Balaban J connectivity index is 1.54. The molecule has 1 aliphatic rings. The summed E-state index contributed by atoms with van der Waals surface area (Å²) in [5.41, 5.74) is 2.01. The van der Waals surface area contributed by atoms with Crippen LogP contribution in [0.2, 0.25) is 0 Å². The fourth-order valence-electron chi connectivity index (χ4n) is 3.19. The Morgan fingerprint density at radius 2 is 2.15 bits per heavy atom. The van der Waals surface area contributed by atoms with Crippen LogP contribution in [0.1, 0.15) is 29.2 Å². The zero-order valence-electron chi connectivity index (χ0n) is 15.1. The first-order chi connectivity index (χ1) is 13.2. The van der Waals surface area contributed by atoms with Crippen molar-refractivity contribution in [1.82, 2.24) is 20.3 Å². The third-order valence-electron chi connectivity index (χ3n) is 4.48. The fraction of sp³-hybridized carbons (Fsp3) is 0.300. The lowest BCUT2D eigenvalue weighted by atomic mass is 10.2. The number of anilines is 2. The molecule has 3 aromatic rings. The summed E-state index contributed by atoms with van der Waals surface area (Å²) < 4.78 is 5.54. The number of ether oxygens (including phenoxy) is 1. The van der Waals surface area contributed by atoms with E-state index in [2.05, 4.69) is 25.6 Å². The van der Waals surface area contributed by atoms with Crippen LogP contribution in [0.25, 0.3) is 10.9 Å². The molecule has 2 N–H and O–H groups in total. The van der Waals surface area contributed by atoms with Crippen molar-refractivity contribution in [2.24, 2.45) is 0 Å². The van der Waals surface area contributed by atoms with Crippen molar-refractivity contribution in [2.75, 3.05) is 18.5 Å². The number of nitrogens with zero attached hydrogens (tertiary/aromatic N) is 3. The van der Waals surface area contributed by atoms with Crippen molar-refractivity contribution in [3.63, 3.8) is 0 Å². The van der Waals surface area contributed by atoms with Gasteiger partial charge < -0.3 is 15.4 Å². The monoisotopic (exact) mass is 363 g/mol. The molecule has 0 saturated carbocycles. The van der Waals surface area contributed by atoms with Crippen molar-refractivity contribution in [3.05, 3.63) is 54.1 Å². The topological polar surface area (TPSA) is 89.0 Å². The number of fused-ring (bicyclic) bond motifs is 1. The molecule has 138 valence electrons. The molecular weight excluding hydrogens is 342 g/mol. The number of benzene rings is 1. The van der Waals surface area contributed by atoms with E-state index in [4.69, 9.17) is 4.74 Å². The molecule has 27 heavy (non-hydrogen) atoms. The molecule has 1 amide bonds. The molecule has 2 aromatic heterocycles. The number of hydrogen-bond acceptors (Lipinski definition) is 6. The van der Waals surface area contributed by atoms with Crippen LogP contribution < -0.4 is 10.6 Å². The maximum atomic E-state index is 12.5. The molecule has 7 nitrogen and oxygen atoms in total. The highest BCUT2D eigenvalue weighted by Gasteiger charge is 2.18. The number of nitrogens with one attached hydrogen (secondary N) is 2. The van der Waals surface area contributed by atoms with Crippen LogP contribution in [-0.4, -0.2) is 40.1 Å². The Morgan fingerprint density at radius 1 is 1.26 bits per heavy atom. The highest BCUT2D eigenvalue weighted by molar-refractivity contribution is 5.94. The highest BCUT2D eigenvalue weighted by Crippen LogP contribution is 2.24. The quantitative estimate of drug-likeness (QED) is 0.724. The minimum Gasteiger partial charge on any atom is -0.376 e. The predicted molar refractivity (Wildman–Crippen MR) is 103 cm³/mol. The van der Waals surface area contributed by atoms with Gasteiger partial charge in [0.25, 0.3) is 5.91 Å². The van der Waals surface area contributed by atoms with Crippen LogP contribution in [-0.2, 0) is 4.74 Å². The van der Waals surface area contributed by atoms with Gasteiger partial charge in [0.2, 0.25) is 0 Å². The third kappa shape index (κ3) is 4.03. The first-order valence-corrected chi connectivity index (χ1v) is 9.05. The molecule has 1 aliphatic heterocycles. The van der Waals surface area contributed by atoms with Gasteiger partial charge in [-0.25, -0.2) is 9.97 Å². The first kappa shape index (κ1) is 17.4. The summed E-state index contributed by atoms with van der Waals surface area (Å²) in [7, 11) is 0. The number of carbonyl (C=O) groups excluding carboxylic acids is 1. The first-order valence-electron chi connectivity index (χ1n) is 9.05. The van der Waals surface area contributed by atoms with E-state index < -0.39 is 0 Å². The van der Waals surface area contributed by atoms with Crippen LogP contribution in [0.15, 0.2) is 42.6 Å². The number of aromatic nitrogens is 3. The van der Waals surface area contributed by atoms with Gasteiger partial charge in [0.15, 0.2) is 0 Å². The molecule has 1 aromatic carbocycles. The van der Waals surface area contributed by atoms with Gasteiger partial charge in [-0.15, -0.1) is 0 Å². The molecule has 0 radical (unpaired) electrons. The van der Waals surface area contributed by atoms with E-state index in [0.29, 0.717) is 23.9 Å². The predicted octanol–water partition coefficient (Wildman–Crippen LogP) is 2.99. The van der Waals surface area contributed by atoms with E-state index in [1.807, 2.05) is 30.3 Å². The summed E-state index contributed by atoms with van der Waals surface area (Å²) in [6.07, 6.45) is 3.86. The Hall–Kier alpha value is -3.06. The summed E-state index contributed by atoms with van der Waals surface area (Å²) >= 11 is 0. The minimum absolute atomic E-state index is 0.0937. The van der Waals surface area contributed by atoms with Crippen LogP contribution in [0, 0.1) is 6.92 Å². The number of pyridine rings is 1. The van der Waals surface area contributed by atoms with Gasteiger partial charge in [-0.1, -0.05) is 18.2 Å². The number of carbonyl (C=O) groups is 1. The summed E-state index contributed by atoms with van der Waals surface area (Å²) in [5, 5.41) is 7.19. The van der Waals surface area contributed by atoms with Crippen molar-refractivity contribution in [1.29, 1.82) is 0 Å². The fourth-order valence-corrected chi connectivity index (χ4v) is 3.19. The molecule has 1 saturated heterocycles. The van der Waals surface area contributed by atoms with E-state index in [0.717, 1.165) is 36.0 Å². The summed E-state index contributed by atoms with van der Waals surface area (Å²) in [6, 6.07) is 11.4. The second kappa shape index (κ2) is 7.67. The van der Waals surface area contributed by atoms with Gasteiger partial charge in [0.05, 0.1) is 17.3 Å². The van der Waals surface area contributed by atoms with Gasteiger partial charge in [-0.3, -0.25) is 9.78 Å². The number of rotatable bonds is 5. The molecule has 0 spiro atoms. The molecular formula is C20H21N5O2. The molecule has 0 aliphatic carbocycles. The standard InChI is InChI=1S/C20H21N5O2/c1-13-23-17(20(26)22-12-15-7-4-10-27-15)11-18(24-13)25-16-8-2-5-14-6-3-9-21-19(14)16/h2-3,5-6,8-9,11,15H,4,7,10,12H2,1H3,(H,22,26)(H,23,24,25). The zero-order valence-corrected chi connectivity index (χ0v) is 15.1. The Bertz CT molecular complexity index is 964. The van der Waals surface area contributed by atoms with Gasteiger partial charge in [0.1, 0.15) is 17.3 Å². The third-order valence-corrected chi connectivity index (χ3v) is 4.48. The van der Waals surface area contributed by atoms with E-state index in [-0.39, 0.29) is 12.0 Å². The molecule has 7 heteroatoms. The SMILES string of the molecule is Cc1nc(Nc2cccc3cccnc23)cc(C(=O)NCC2CCCO2)n1. The van der Waals surface area contributed by atoms with Crippen molar-refractivity contribution in [3.8, 4) is 0 Å². The normalized spacial score (nSPS) is 16.4. The number of aryl methyl sites for hydroxylation is 1. The minimum atomic E-state index is -0.227. The summed E-state index contributed by atoms with van der Waals surface area (Å²) in [5.74, 6) is 0.855. The zero-order chi connectivity index (χ0) is 18.6. The summed E-state index contributed by atoms with van der Waals surface area (Å²) in [4.78, 5) is 25.6. The Labute approximate surface area is 157 Å². The number of hydrogen-bond donors (Lipinski definition) is 2. The molecule has 0 bridgehead atoms. The average Bonchev–Trinajstić information content (AvgIpc) is 3.19. The lowest BCUT2D eigenvalue weighted by Crippen LogP contribution is -2.32. The molecule has 3 heterocycles. The van der Waals surface area contributed by atoms with E-state index in [9.17, 15) is 4.79 Å². The largest absolute Gasteiger partial charge is 0.376 e. The van der Waals surface area contributed by atoms with Crippen LogP contribution in [0.3, 0.4) is 0 Å². The number of amides is 1. The Kier molecular flexibility index (Phi) is 4.93. The number of para-hydroxylation sites is 1. The van der Waals surface area contributed by atoms with Gasteiger partial charge in [0, 0.05) is 30.8 Å². The van der Waals surface area contributed by atoms with Gasteiger partial charge >= 0.3 is 0 Å². The van der Waals surface area contributed by atoms with E-state index in [1.54, 1.807) is 19.2 Å². The van der Waals surface area contributed by atoms with Crippen molar-refractivity contribution in [2.45, 2.75) is 25.9 Å². The highest BCUT2D eigenvalue weighted by atomic mass is 16.5. The van der Waals surface area contributed by atoms with Gasteiger partial charge in [-0.2, -0.15) is 0 Å². The molecule has 1 unspecified atom stereocenters. The lowest BCUT2D eigenvalue weighted by Gasteiger charge is -2.12. The van der Waals surface area contributed by atoms with Crippen molar-refractivity contribution < 1.29 is 9.53 Å². The Morgan fingerprint density at radius 3 is 3.00 bits per heavy atom. The van der Waals surface area contributed by atoms with Gasteiger partial charge in [-0.05, 0) is 31.9 Å². The lowest BCUT2D eigenvalue weighted by molar-refractivity contribution is 0.0853. The van der Waals surface area contributed by atoms with E-state index in [1.165, 1.54) is 0 Å². The van der Waals surface area contributed by atoms with Crippen LogP contribution in [0.5, 0.6) is 0 Å². The molecule has 1 atom stereocenters. The van der Waals surface area contributed by atoms with E-state index >= 15 is 0 Å². The second-order valence-corrected chi connectivity index (χ2v) is 6.54. The smallest absolute Gasteiger partial charge is 0.270 e. The van der Waals surface area contributed by atoms with Crippen molar-refractivity contribution >= 4 is 28.3 Å². The molecule has 4 rings (SSSR count).